The van der Waals surface area contributed by atoms with Crippen molar-refractivity contribution >= 4 is 34.1 Å². The lowest BCUT2D eigenvalue weighted by molar-refractivity contribution is -0.131. The van der Waals surface area contributed by atoms with Crippen LogP contribution in [0.15, 0.2) is 84.0 Å². The largest absolute Gasteiger partial charge is 0.453 e. The van der Waals surface area contributed by atoms with Crippen LogP contribution >= 0.6 is 0 Å². The van der Waals surface area contributed by atoms with Crippen LogP contribution in [0.4, 0.5) is 20.2 Å². The SMILES string of the molecule is O=C(Nc1ccc(F)cc1)C1(C(=O)Nc2ccc(Oc3ccnc4cc(-c5cnoc5)ncc34)c(F)c2)CC1. The molecule has 2 aromatic carbocycles. The number of fused-ring (bicyclic) bond motifs is 1. The number of amides is 2. The standard InChI is InChI=1S/C28H19F2N5O4/c29-17-1-3-18(4-2-17)34-26(36)28(8-9-28)27(37)35-19-5-6-25(21(30)11-19)39-24-7-10-31-23-12-22(32-14-20(23)24)16-13-33-38-15-16/h1-7,10-15H,8-9H2,(H,34,36)(H,35,37). The number of rotatable bonds is 7. The highest BCUT2D eigenvalue weighted by Gasteiger charge is 2.56. The Bertz CT molecular complexity index is 1700. The Morgan fingerprint density at radius 2 is 1.62 bits per heavy atom. The van der Waals surface area contributed by atoms with E-state index in [-0.39, 0.29) is 11.4 Å². The van der Waals surface area contributed by atoms with E-state index in [1.165, 1.54) is 55.1 Å². The predicted molar refractivity (Wildman–Crippen MR) is 137 cm³/mol. The van der Waals surface area contributed by atoms with Crippen LogP contribution in [0.2, 0.25) is 0 Å². The smallest absolute Gasteiger partial charge is 0.240 e. The molecular weight excluding hydrogens is 508 g/mol. The van der Waals surface area contributed by atoms with Gasteiger partial charge in [0.2, 0.25) is 11.8 Å². The molecule has 2 N–H and O–H groups in total. The zero-order valence-corrected chi connectivity index (χ0v) is 20.2. The molecule has 1 saturated carbocycles. The molecule has 3 aromatic heterocycles. The first-order valence-electron chi connectivity index (χ1n) is 11.9. The van der Waals surface area contributed by atoms with Gasteiger partial charge < -0.3 is 19.9 Å². The molecule has 0 saturated heterocycles. The molecule has 6 rings (SSSR count). The van der Waals surface area contributed by atoms with Crippen molar-refractivity contribution in [3.05, 3.63) is 91.1 Å². The lowest BCUT2D eigenvalue weighted by Crippen LogP contribution is -2.35. The van der Waals surface area contributed by atoms with Crippen molar-refractivity contribution in [2.75, 3.05) is 10.6 Å². The molecule has 0 atom stereocenters. The Hall–Kier alpha value is -5.19. The van der Waals surface area contributed by atoms with Gasteiger partial charge in [0, 0.05) is 29.8 Å². The minimum atomic E-state index is -1.27. The van der Waals surface area contributed by atoms with E-state index in [0.29, 0.717) is 46.4 Å². The molecule has 2 amide bonds. The van der Waals surface area contributed by atoms with Gasteiger partial charge in [-0.25, -0.2) is 8.78 Å². The van der Waals surface area contributed by atoms with Gasteiger partial charge in [0.05, 0.1) is 28.4 Å². The van der Waals surface area contributed by atoms with E-state index >= 15 is 0 Å². The second kappa shape index (κ2) is 9.60. The summed E-state index contributed by atoms with van der Waals surface area (Å²) in [5.74, 6) is -1.93. The number of pyridine rings is 2. The van der Waals surface area contributed by atoms with E-state index < -0.39 is 28.9 Å². The Morgan fingerprint density at radius 1 is 0.872 bits per heavy atom. The van der Waals surface area contributed by atoms with Crippen LogP contribution in [0, 0.1) is 17.0 Å². The maximum absolute atomic E-state index is 15.0. The summed E-state index contributed by atoms with van der Waals surface area (Å²) in [6.07, 6.45) is 6.79. The van der Waals surface area contributed by atoms with Crippen molar-refractivity contribution in [3.8, 4) is 22.8 Å². The molecule has 194 valence electrons. The molecule has 0 radical (unpaired) electrons. The average Bonchev–Trinajstić information content (AvgIpc) is 3.58. The molecule has 1 aliphatic carbocycles. The van der Waals surface area contributed by atoms with Gasteiger partial charge in [0.15, 0.2) is 11.6 Å². The molecule has 1 fully saturated rings. The third kappa shape index (κ3) is 4.77. The lowest BCUT2D eigenvalue weighted by atomic mass is 10.0. The van der Waals surface area contributed by atoms with E-state index in [1.807, 2.05) is 0 Å². The summed E-state index contributed by atoms with van der Waals surface area (Å²) < 4.78 is 38.8. The van der Waals surface area contributed by atoms with Gasteiger partial charge in [0.1, 0.15) is 23.2 Å². The lowest BCUT2D eigenvalue weighted by Gasteiger charge is -2.16. The number of carbonyl (C=O) groups is 2. The Morgan fingerprint density at radius 3 is 2.31 bits per heavy atom. The van der Waals surface area contributed by atoms with Crippen molar-refractivity contribution in [2.45, 2.75) is 12.8 Å². The number of halogens is 2. The fourth-order valence-electron chi connectivity index (χ4n) is 4.09. The number of carbonyl (C=O) groups excluding carboxylic acids is 2. The second-order valence-corrected chi connectivity index (χ2v) is 9.05. The zero-order valence-electron chi connectivity index (χ0n) is 20.2. The highest BCUT2D eigenvalue weighted by atomic mass is 19.1. The summed E-state index contributed by atoms with van der Waals surface area (Å²) in [5.41, 5.74) is 1.16. The molecule has 0 aliphatic heterocycles. The third-order valence-electron chi connectivity index (χ3n) is 6.45. The van der Waals surface area contributed by atoms with Crippen LogP contribution in [0.5, 0.6) is 11.5 Å². The van der Waals surface area contributed by atoms with Gasteiger partial charge in [-0.2, -0.15) is 0 Å². The van der Waals surface area contributed by atoms with E-state index in [9.17, 15) is 18.4 Å². The number of ether oxygens (including phenoxy) is 1. The average molecular weight is 527 g/mol. The topological polar surface area (TPSA) is 119 Å². The minimum absolute atomic E-state index is 0.0706. The minimum Gasteiger partial charge on any atom is -0.453 e. The number of nitrogens with zero attached hydrogens (tertiary/aromatic N) is 3. The summed E-state index contributed by atoms with van der Waals surface area (Å²) >= 11 is 0. The van der Waals surface area contributed by atoms with Gasteiger partial charge in [-0.05, 0) is 61.4 Å². The van der Waals surface area contributed by atoms with Crippen molar-refractivity contribution in [3.63, 3.8) is 0 Å². The molecule has 5 aromatic rings. The van der Waals surface area contributed by atoms with Crippen LogP contribution in [0.3, 0.4) is 0 Å². The van der Waals surface area contributed by atoms with Crippen LogP contribution in [-0.2, 0) is 9.59 Å². The number of nitrogens with one attached hydrogen (secondary N) is 2. The van der Waals surface area contributed by atoms with E-state index in [2.05, 4.69) is 25.8 Å². The monoisotopic (exact) mass is 527 g/mol. The molecular formula is C28H19F2N5O4. The normalized spacial score (nSPS) is 13.6. The molecule has 3 heterocycles. The summed E-state index contributed by atoms with van der Waals surface area (Å²) in [5, 5.41) is 9.49. The first kappa shape index (κ1) is 24.2. The molecule has 11 heteroatoms. The van der Waals surface area contributed by atoms with Crippen LogP contribution in [0.1, 0.15) is 12.8 Å². The number of aromatic nitrogens is 3. The molecule has 0 bridgehead atoms. The van der Waals surface area contributed by atoms with Gasteiger partial charge in [0.25, 0.3) is 0 Å². The third-order valence-corrected chi connectivity index (χ3v) is 6.45. The zero-order chi connectivity index (χ0) is 27.0. The Balaban J connectivity index is 1.16. The fraction of sp³-hybridized carbons (Fsp3) is 0.107. The van der Waals surface area contributed by atoms with Crippen molar-refractivity contribution < 1.29 is 27.6 Å². The first-order valence-corrected chi connectivity index (χ1v) is 11.9. The first-order chi connectivity index (χ1) is 18.9. The van der Waals surface area contributed by atoms with E-state index in [4.69, 9.17) is 9.26 Å². The van der Waals surface area contributed by atoms with Gasteiger partial charge in [-0.3, -0.25) is 19.6 Å². The number of benzene rings is 2. The molecule has 0 unspecified atom stereocenters. The van der Waals surface area contributed by atoms with Gasteiger partial charge in [-0.15, -0.1) is 0 Å². The molecule has 0 spiro atoms. The Kier molecular flexibility index (Phi) is 5.95. The highest BCUT2D eigenvalue weighted by molar-refractivity contribution is 6.16. The summed E-state index contributed by atoms with van der Waals surface area (Å²) in [6.45, 7) is 0. The van der Waals surface area contributed by atoms with Crippen LogP contribution < -0.4 is 15.4 Å². The van der Waals surface area contributed by atoms with E-state index in [1.54, 1.807) is 18.3 Å². The number of anilines is 2. The predicted octanol–water partition coefficient (Wildman–Crippen LogP) is 5.71. The van der Waals surface area contributed by atoms with Crippen molar-refractivity contribution in [2.24, 2.45) is 5.41 Å². The molecule has 9 nitrogen and oxygen atoms in total. The van der Waals surface area contributed by atoms with Gasteiger partial charge in [-0.1, -0.05) is 5.16 Å². The van der Waals surface area contributed by atoms with Crippen molar-refractivity contribution in [1.29, 1.82) is 0 Å². The van der Waals surface area contributed by atoms with Crippen LogP contribution in [-0.4, -0.2) is 26.9 Å². The van der Waals surface area contributed by atoms with Crippen molar-refractivity contribution in [1.82, 2.24) is 15.1 Å². The van der Waals surface area contributed by atoms with Gasteiger partial charge >= 0.3 is 0 Å². The summed E-state index contributed by atoms with van der Waals surface area (Å²) in [7, 11) is 0. The van der Waals surface area contributed by atoms with Crippen LogP contribution in [0.25, 0.3) is 22.2 Å². The maximum Gasteiger partial charge on any atom is 0.240 e. The quantitative estimate of drug-likeness (QED) is 0.260. The molecule has 39 heavy (non-hydrogen) atoms. The second-order valence-electron chi connectivity index (χ2n) is 9.05. The van der Waals surface area contributed by atoms with E-state index in [0.717, 1.165) is 6.07 Å². The highest BCUT2D eigenvalue weighted by Crippen LogP contribution is 2.47. The summed E-state index contributed by atoms with van der Waals surface area (Å²) in [6, 6.07) is 12.6. The maximum atomic E-state index is 15.0. The Labute approximate surface area is 219 Å². The fourth-order valence-corrected chi connectivity index (χ4v) is 4.09. The summed E-state index contributed by atoms with van der Waals surface area (Å²) in [4.78, 5) is 34.4. The number of hydrogen-bond acceptors (Lipinski definition) is 7. The molecule has 1 aliphatic rings. The number of hydrogen-bond donors (Lipinski definition) is 2.